The molecule has 7 rings (SSSR count). The zero-order chi connectivity index (χ0) is 25.3. The second kappa shape index (κ2) is 9.68. The van der Waals surface area contributed by atoms with Crippen LogP contribution in [0.3, 0.4) is 0 Å². The molecule has 38 heavy (non-hydrogen) atoms. The number of rotatable bonds is 5. The molecule has 5 aromatic carbocycles. The van der Waals surface area contributed by atoms with Crippen molar-refractivity contribution in [2.75, 3.05) is 4.90 Å². The number of para-hydroxylation sites is 1. The van der Waals surface area contributed by atoms with Gasteiger partial charge in [0, 0.05) is 16.9 Å². The number of benzene rings is 5. The van der Waals surface area contributed by atoms with E-state index in [1.165, 1.54) is 61.6 Å². The molecule has 0 amide bonds. The summed E-state index contributed by atoms with van der Waals surface area (Å²) in [6, 6.07) is 44.1. The monoisotopic (exact) mass is 487 g/mol. The van der Waals surface area contributed by atoms with E-state index in [1.807, 2.05) is 0 Å². The van der Waals surface area contributed by atoms with Gasteiger partial charge in [-0.3, -0.25) is 0 Å². The second-order valence-electron chi connectivity index (χ2n) is 10.1. The normalized spacial score (nSPS) is 13.5. The third-order valence-electron chi connectivity index (χ3n) is 7.66. The Morgan fingerprint density at radius 3 is 1.87 bits per heavy atom. The Kier molecular flexibility index (Phi) is 5.75. The molecule has 0 aliphatic heterocycles. The molecule has 182 valence electrons. The lowest BCUT2D eigenvalue weighted by atomic mass is 9.95. The molecular weight excluding hydrogens is 458 g/mol. The minimum Gasteiger partial charge on any atom is -0.310 e. The van der Waals surface area contributed by atoms with Gasteiger partial charge in [0.05, 0.1) is 5.69 Å². The molecule has 2 aliphatic rings. The van der Waals surface area contributed by atoms with Gasteiger partial charge in [0.25, 0.3) is 0 Å². The largest absolute Gasteiger partial charge is 0.310 e. The van der Waals surface area contributed by atoms with Gasteiger partial charge in [-0.25, -0.2) is 0 Å². The van der Waals surface area contributed by atoms with Crippen molar-refractivity contribution in [3.63, 3.8) is 0 Å². The van der Waals surface area contributed by atoms with Crippen molar-refractivity contribution >= 4 is 11.4 Å². The van der Waals surface area contributed by atoms with E-state index in [1.54, 1.807) is 0 Å². The molecule has 0 saturated heterocycles. The number of anilines is 2. The third kappa shape index (κ3) is 4.07. The average molecular weight is 488 g/mol. The van der Waals surface area contributed by atoms with E-state index >= 15 is 0 Å². The lowest BCUT2D eigenvalue weighted by Crippen LogP contribution is -2.17. The minimum absolute atomic E-state index is 0.941. The molecule has 5 aromatic rings. The molecule has 0 radical (unpaired) electrons. The van der Waals surface area contributed by atoms with E-state index in [9.17, 15) is 0 Å². The summed E-state index contributed by atoms with van der Waals surface area (Å²) in [6.07, 6.45) is 10.1. The lowest BCUT2D eigenvalue weighted by Gasteiger charge is -2.30. The maximum absolute atomic E-state index is 2.46. The van der Waals surface area contributed by atoms with Crippen LogP contribution in [-0.4, -0.2) is 0 Å². The van der Waals surface area contributed by atoms with Gasteiger partial charge in [0.2, 0.25) is 0 Å². The first kappa shape index (κ1) is 22.6. The molecule has 0 aromatic heterocycles. The highest BCUT2D eigenvalue weighted by Gasteiger charge is 2.27. The summed E-state index contributed by atoms with van der Waals surface area (Å²) in [5.74, 6) is 0. The molecule has 0 spiro atoms. The predicted molar refractivity (Wildman–Crippen MR) is 161 cm³/mol. The van der Waals surface area contributed by atoms with Crippen molar-refractivity contribution in [3.05, 3.63) is 156 Å². The topological polar surface area (TPSA) is 3.24 Å². The van der Waals surface area contributed by atoms with Gasteiger partial charge < -0.3 is 4.90 Å². The minimum atomic E-state index is 0.941. The summed E-state index contributed by atoms with van der Waals surface area (Å²) in [4.78, 5) is 2.46. The average Bonchev–Trinajstić information content (AvgIpc) is 3.37. The van der Waals surface area contributed by atoms with Crippen LogP contribution >= 0.6 is 0 Å². The van der Waals surface area contributed by atoms with E-state index in [4.69, 9.17) is 0 Å². The summed E-state index contributed by atoms with van der Waals surface area (Å²) in [6.45, 7) is 0. The summed E-state index contributed by atoms with van der Waals surface area (Å²) in [5, 5.41) is 0. The molecule has 0 unspecified atom stereocenters. The van der Waals surface area contributed by atoms with Crippen LogP contribution in [0.2, 0.25) is 0 Å². The van der Waals surface area contributed by atoms with Gasteiger partial charge in [0.15, 0.2) is 0 Å². The van der Waals surface area contributed by atoms with Gasteiger partial charge in [-0.1, -0.05) is 115 Å². The molecule has 0 saturated carbocycles. The molecule has 1 heteroatoms. The van der Waals surface area contributed by atoms with E-state index in [0.717, 1.165) is 19.3 Å². The maximum atomic E-state index is 2.46. The van der Waals surface area contributed by atoms with Crippen molar-refractivity contribution in [1.29, 1.82) is 0 Å². The Labute approximate surface area is 225 Å². The molecule has 1 nitrogen and oxygen atoms in total. The number of fused-ring (bicyclic) bond motifs is 3. The first-order valence-corrected chi connectivity index (χ1v) is 13.5. The third-order valence-corrected chi connectivity index (χ3v) is 7.66. The fourth-order valence-corrected chi connectivity index (χ4v) is 5.88. The van der Waals surface area contributed by atoms with Crippen molar-refractivity contribution in [2.45, 2.75) is 19.3 Å². The smallest absolute Gasteiger partial charge is 0.0549 e. The van der Waals surface area contributed by atoms with E-state index in [2.05, 4.69) is 144 Å². The highest BCUT2D eigenvalue weighted by atomic mass is 15.1. The molecule has 0 fully saturated rings. The second-order valence-corrected chi connectivity index (χ2v) is 10.1. The van der Waals surface area contributed by atoms with Crippen molar-refractivity contribution in [2.24, 2.45) is 0 Å². The maximum Gasteiger partial charge on any atom is 0.0549 e. The zero-order valence-electron chi connectivity index (χ0n) is 21.3. The van der Waals surface area contributed by atoms with Gasteiger partial charge >= 0.3 is 0 Å². The number of hydrogen-bond donors (Lipinski definition) is 0. The van der Waals surface area contributed by atoms with Crippen LogP contribution in [0.1, 0.15) is 24.0 Å². The summed E-state index contributed by atoms with van der Waals surface area (Å²) in [7, 11) is 0. The predicted octanol–water partition coefficient (Wildman–Crippen LogP) is 9.96. The Bertz CT molecular complexity index is 1660. The van der Waals surface area contributed by atoms with Crippen LogP contribution in [0.4, 0.5) is 11.4 Å². The van der Waals surface area contributed by atoms with Gasteiger partial charge in [-0.15, -0.1) is 0 Å². The van der Waals surface area contributed by atoms with E-state index < -0.39 is 0 Å². The van der Waals surface area contributed by atoms with Gasteiger partial charge in [0.1, 0.15) is 0 Å². The molecule has 2 aliphatic carbocycles. The quantitative estimate of drug-likeness (QED) is 0.234. The lowest BCUT2D eigenvalue weighted by molar-refractivity contribution is 0.997. The zero-order valence-corrected chi connectivity index (χ0v) is 21.3. The molecule has 0 bridgehead atoms. The van der Waals surface area contributed by atoms with E-state index in [0.29, 0.717) is 0 Å². The number of hydrogen-bond acceptors (Lipinski definition) is 1. The van der Waals surface area contributed by atoms with E-state index in [-0.39, 0.29) is 0 Å². The first-order valence-electron chi connectivity index (χ1n) is 13.5. The Morgan fingerprint density at radius 1 is 0.526 bits per heavy atom. The first-order chi connectivity index (χ1) is 18.8. The summed E-state index contributed by atoms with van der Waals surface area (Å²) < 4.78 is 0. The van der Waals surface area contributed by atoms with Crippen molar-refractivity contribution < 1.29 is 0 Å². The Morgan fingerprint density at radius 2 is 1.18 bits per heavy atom. The van der Waals surface area contributed by atoms with Crippen molar-refractivity contribution in [3.8, 4) is 33.4 Å². The molecule has 0 heterocycles. The fourth-order valence-electron chi connectivity index (χ4n) is 5.88. The fraction of sp³-hybridized carbons (Fsp3) is 0.0811. The summed E-state index contributed by atoms with van der Waals surface area (Å²) >= 11 is 0. The van der Waals surface area contributed by atoms with Crippen LogP contribution in [0.25, 0.3) is 33.4 Å². The Hall–Kier alpha value is -4.62. The summed E-state index contributed by atoms with van der Waals surface area (Å²) in [5.41, 5.74) is 14.2. The SMILES string of the molecule is C1=CC(N(c2ccccc2)c2cc(-c3ccccc3)cc3c2-c2ccc(-c4ccccc4)cc2C3)=CCC1. The highest BCUT2D eigenvalue weighted by molar-refractivity contribution is 5.95. The highest BCUT2D eigenvalue weighted by Crippen LogP contribution is 2.49. The number of nitrogens with zero attached hydrogens (tertiary/aromatic N) is 1. The number of allylic oxidation sites excluding steroid dienone is 3. The van der Waals surface area contributed by atoms with Crippen molar-refractivity contribution in [1.82, 2.24) is 0 Å². The van der Waals surface area contributed by atoms with Gasteiger partial charge in [-0.2, -0.15) is 0 Å². The molecular formula is C37H29N. The van der Waals surface area contributed by atoms with Crippen LogP contribution in [0, 0.1) is 0 Å². The van der Waals surface area contributed by atoms with Crippen LogP contribution in [0.5, 0.6) is 0 Å². The Balaban J connectivity index is 1.46. The standard InChI is InChI=1S/C37H29N/c1-5-13-27(14-6-1)29-21-22-35-31(23-29)25-32-24-30(28-15-7-2-8-16-28)26-36(37(32)35)38(33-17-9-3-10-18-33)34-19-11-4-12-20-34/h1-3,5-11,13-24,26H,4,12,25H2. The molecule has 0 N–H and O–H groups in total. The van der Waals surface area contributed by atoms with Crippen LogP contribution < -0.4 is 4.90 Å². The van der Waals surface area contributed by atoms with Crippen LogP contribution in [0.15, 0.2) is 145 Å². The van der Waals surface area contributed by atoms with Crippen LogP contribution in [-0.2, 0) is 6.42 Å². The molecule has 0 atom stereocenters. The van der Waals surface area contributed by atoms with Gasteiger partial charge in [-0.05, 0) is 82.5 Å².